The first-order valence-electron chi connectivity index (χ1n) is 9.94. The number of carboxylic acids is 2. The SMILES string of the molecule is CCCCN1C(=O)C2C(c3ccc(C(=O)OC)cc3)NC(CC(=O)O)(C(=O)O)C2C1=O. The molecule has 2 aliphatic rings. The van der Waals surface area contributed by atoms with Gasteiger partial charge in [-0.2, -0.15) is 0 Å². The normalized spacial score (nSPS) is 27.3. The summed E-state index contributed by atoms with van der Waals surface area (Å²) in [4.78, 5) is 62.8. The molecule has 0 saturated carbocycles. The van der Waals surface area contributed by atoms with E-state index in [-0.39, 0.29) is 12.1 Å². The van der Waals surface area contributed by atoms with E-state index in [0.29, 0.717) is 12.0 Å². The zero-order valence-corrected chi connectivity index (χ0v) is 17.2. The van der Waals surface area contributed by atoms with Crippen LogP contribution in [0.3, 0.4) is 0 Å². The first kappa shape index (κ1) is 22.4. The third-order valence-corrected chi connectivity index (χ3v) is 5.98. The minimum atomic E-state index is -2.13. The summed E-state index contributed by atoms with van der Waals surface area (Å²) in [6.45, 7) is 2.04. The fourth-order valence-electron chi connectivity index (χ4n) is 4.50. The number of carbonyl (C=O) groups is 5. The monoisotopic (exact) mass is 432 g/mol. The molecule has 2 aliphatic heterocycles. The highest BCUT2D eigenvalue weighted by Gasteiger charge is 2.68. The van der Waals surface area contributed by atoms with E-state index in [1.165, 1.54) is 31.4 Å². The van der Waals surface area contributed by atoms with Gasteiger partial charge in [-0.3, -0.25) is 29.4 Å². The van der Waals surface area contributed by atoms with Gasteiger partial charge in [0.25, 0.3) is 0 Å². The molecule has 0 bridgehead atoms. The lowest BCUT2D eigenvalue weighted by atomic mass is 9.77. The van der Waals surface area contributed by atoms with Crippen LogP contribution in [-0.4, -0.2) is 64.0 Å². The molecule has 0 aliphatic carbocycles. The number of carbonyl (C=O) groups excluding carboxylic acids is 3. The molecule has 3 rings (SSSR count). The predicted octanol–water partition coefficient (Wildman–Crippen LogP) is 0.817. The largest absolute Gasteiger partial charge is 0.481 e. The van der Waals surface area contributed by atoms with Crippen LogP contribution in [0.25, 0.3) is 0 Å². The number of imide groups is 1. The van der Waals surface area contributed by atoms with Crippen molar-refractivity contribution in [2.24, 2.45) is 11.8 Å². The van der Waals surface area contributed by atoms with Gasteiger partial charge in [-0.1, -0.05) is 25.5 Å². The van der Waals surface area contributed by atoms with Crippen molar-refractivity contribution in [2.45, 2.75) is 37.8 Å². The van der Waals surface area contributed by atoms with Gasteiger partial charge in [0.1, 0.15) is 5.54 Å². The molecule has 2 saturated heterocycles. The fourth-order valence-corrected chi connectivity index (χ4v) is 4.50. The maximum absolute atomic E-state index is 13.2. The summed E-state index contributed by atoms with van der Waals surface area (Å²) in [7, 11) is 1.24. The zero-order chi connectivity index (χ0) is 22.9. The van der Waals surface area contributed by atoms with Crippen LogP contribution in [0.4, 0.5) is 0 Å². The Labute approximate surface area is 178 Å². The molecular weight excluding hydrogens is 408 g/mol. The molecule has 2 amide bonds. The number of methoxy groups -OCH3 is 1. The second-order valence-corrected chi connectivity index (χ2v) is 7.77. The van der Waals surface area contributed by atoms with E-state index < -0.39 is 59.6 Å². The number of nitrogens with zero attached hydrogens (tertiary/aromatic N) is 1. The molecule has 1 aromatic carbocycles. The quantitative estimate of drug-likeness (QED) is 0.400. The smallest absolute Gasteiger partial charge is 0.337 e. The van der Waals surface area contributed by atoms with Gasteiger partial charge in [0.2, 0.25) is 11.8 Å². The van der Waals surface area contributed by atoms with E-state index in [9.17, 15) is 34.2 Å². The van der Waals surface area contributed by atoms with Crippen molar-refractivity contribution in [3.05, 3.63) is 35.4 Å². The number of esters is 1. The Kier molecular flexibility index (Phi) is 6.12. The van der Waals surface area contributed by atoms with Gasteiger partial charge in [0.15, 0.2) is 0 Å². The van der Waals surface area contributed by atoms with Crippen LogP contribution in [0.5, 0.6) is 0 Å². The third-order valence-electron chi connectivity index (χ3n) is 5.98. The van der Waals surface area contributed by atoms with Crippen molar-refractivity contribution in [1.29, 1.82) is 0 Å². The Hall–Kier alpha value is -3.27. The molecule has 0 radical (unpaired) electrons. The van der Waals surface area contributed by atoms with Gasteiger partial charge in [-0.25, -0.2) is 4.79 Å². The van der Waals surface area contributed by atoms with Crippen molar-refractivity contribution in [3.63, 3.8) is 0 Å². The number of benzene rings is 1. The number of hydrogen-bond donors (Lipinski definition) is 3. The van der Waals surface area contributed by atoms with Gasteiger partial charge in [0, 0.05) is 12.6 Å². The molecule has 1 aromatic rings. The Bertz CT molecular complexity index is 928. The average molecular weight is 432 g/mol. The topological polar surface area (TPSA) is 150 Å². The number of nitrogens with one attached hydrogen (secondary N) is 1. The first-order chi connectivity index (χ1) is 14.7. The molecule has 0 aromatic heterocycles. The number of aliphatic carboxylic acids is 2. The van der Waals surface area contributed by atoms with Crippen LogP contribution in [0.2, 0.25) is 0 Å². The summed E-state index contributed by atoms with van der Waals surface area (Å²) < 4.78 is 4.66. The van der Waals surface area contributed by atoms with E-state index in [1.54, 1.807) is 0 Å². The second kappa shape index (κ2) is 8.46. The van der Waals surface area contributed by atoms with E-state index >= 15 is 0 Å². The number of unbranched alkanes of at least 4 members (excludes halogenated alkanes) is 1. The van der Waals surface area contributed by atoms with Crippen LogP contribution in [-0.2, 0) is 23.9 Å². The number of ether oxygens (including phenoxy) is 1. The fraction of sp³-hybridized carbons (Fsp3) is 0.476. The third kappa shape index (κ3) is 3.67. The molecule has 166 valence electrons. The summed E-state index contributed by atoms with van der Waals surface area (Å²) in [6, 6.07) is 5.09. The Morgan fingerprint density at radius 3 is 2.29 bits per heavy atom. The van der Waals surface area contributed by atoms with Gasteiger partial charge < -0.3 is 14.9 Å². The Morgan fingerprint density at radius 1 is 1.13 bits per heavy atom. The van der Waals surface area contributed by atoms with Gasteiger partial charge in [0.05, 0.1) is 30.9 Å². The Morgan fingerprint density at radius 2 is 1.77 bits per heavy atom. The van der Waals surface area contributed by atoms with Crippen LogP contribution in [0.15, 0.2) is 24.3 Å². The first-order valence-corrected chi connectivity index (χ1v) is 9.94. The van der Waals surface area contributed by atoms with Gasteiger partial charge in [-0.05, 0) is 24.1 Å². The lowest BCUT2D eigenvalue weighted by molar-refractivity contribution is -0.156. The molecule has 31 heavy (non-hydrogen) atoms. The maximum Gasteiger partial charge on any atom is 0.337 e. The minimum absolute atomic E-state index is 0.151. The lowest BCUT2D eigenvalue weighted by Crippen LogP contribution is -2.57. The number of hydrogen-bond acceptors (Lipinski definition) is 7. The van der Waals surface area contributed by atoms with Crippen molar-refractivity contribution in [3.8, 4) is 0 Å². The molecule has 10 nitrogen and oxygen atoms in total. The van der Waals surface area contributed by atoms with Crippen molar-refractivity contribution in [2.75, 3.05) is 13.7 Å². The molecule has 2 fully saturated rings. The van der Waals surface area contributed by atoms with Crippen molar-refractivity contribution < 1.29 is 38.9 Å². The number of fused-ring (bicyclic) bond motifs is 1. The summed E-state index contributed by atoms with van der Waals surface area (Å²) in [6.07, 6.45) is 0.422. The highest BCUT2D eigenvalue weighted by Crippen LogP contribution is 2.50. The Balaban J connectivity index is 2.07. The van der Waals surface area contributed by atoms with E-state index in [2.05, 4.69) is 10.1 Å². The highest BCUT2D eigenvalue weighted by atomic mass is 16.5. The van der Waals surface area contributed by atoms with Crippen LogP contribution in [0.1, 0.15) is 48.1 Å². The van der Waals surface area contributed by atoms with Crippen molar-refractivity contribution >= 4 is 29.7 Å². The lowest BCUT2D eigenvalue weighted by Gasteiger charge is -2.29. The summed E-state index contributed by atoms with van der Waals surface area (Å²) in [5.41, 5.74) is -1.40. The number of carboxylic acid groups (broad SMARTS) is 2. The average Bonchev–Trinajstić information content (AvgIpc) is 3.20. The minimum Gasteiger partial charge on any atom is -0.481 e. The summed E-state index contributed by atoms with van der Waals surface area (Å²) >= 11 is 0. The summed E-state index contributed by atoms with van der Waals surface area (Å²) in [5.74, 6) is -7.08. The number of amides is 2. The molecule has 2 heterocycles. The number of likely N-dealkylation sites (tertiary alicyclic amines) is 1. The van der Waals surface area contributed by atoms with Crippen molar-refractivity contribution in [1.82, 2.24) is 10.2 Å². The molecule has 3 N–H and O–H groups in total. The second-order valence-electron chi connectivity index (χ2n) is 7.77. The van der Waals surface area contributed by atoms with E-state index in [0.717, 1.165) is 11.3 Å². The maximum atomic E-state index is 13.2. The summed E-state index contributed by atoms with van der Waals surface area (Å²) in [5, 5.41) is 22.1. The molecular formula is C21H24N2O8. The molecule has 0 spiro atoms. The highest BCUT2D eigenvalue weighted by molar-refractivity contribution is 6.10. The van der Waals surface area contributed by atoms with Crippen LogP contribution >= 0.6 is 0 Å². The predicted molar refractivity (Wildman–Crippen MR) is 105 cm³/mol. The standard InChI is InChI=1S/C21H24N2O8/c1-3-4-9-23-17(26)14-15(18(23)27)21(20(29)30,10-13(24)25)22-16(14)11-5-7-12(8-6-11)19(28)31-2/h5-8,14-16,22H,3-4,9-10H2,1-2H3,(H,24,25)(H,29,30). The van der Waals surface area contributed by atoms with Gasteiger partial charge >= 0.3 is 17.9 Å². The van der Waals surface area contributed by atoms with Crippen LogP contribution < -0.4 is 5.32 Å². The molecule has 10 heteroatoms. The molecule has 4 unspecified atom stereocenters. The van der Waals surface area contributed by atoms with E-state index in [4.69, 9.17) is 0 Å². The van der Waals surface area contributed by atoms with Crippen LogP contribution in [0, 0.1) is 11.8 Å². The molecule has 4 atom stereocenters. The zero-order valence-electron chi connectivity index (χ0n) is 17.2. The number of rotatable bonds is 8. The van der Waals surface area contributed by atoms with Gasteiger partial charge in [-0.15, -0.1) is 0 Å². The van der Waals surface area contributed by atoms with E-state index in [1.807, 2.05) is 6.92 Å².